The molecule has 0 unspecified atom stereocenters. The fourth-order valence-corrected chi connectivity index (χ4v) is 0.957. The van der Waals surface area contributed by atoms with Crippen LogP contribution in [0.3, 0.4) is 0 Å². The summed E-state index contributed by atoms with van der Waals surface area (Å²) in [6, 6.07) is 0. The van der Waals surface area contributed by atoms with Crippen LogP contribution >= 0.6 is 15.9 Å². The van der Waals surface area contributed by atoms with Crippen LogP contribution in [0.2, 0.25) is 0 Å². The lowest BCUT2D eigenvalue weighted by Crippen LogP contribution is -1.96. The van der Waals surface area contributed by atoms with Crippen molar-refractivity contribution in [3.8, 4) is 0 Å². The zero-order valence-corrected chi connectivity index (χ0v) is 9.19. The molecule has 0 saturated heterocycles. The van der Waals surface area contributed by atoms with Gasteiger partial charge >= 0.3 is 5.97 Å². The molecule has 0 N–H and O–H groups in total. The van der Waals surface area contributed by atoms with Crippen molar-refractivity contribution in [1.29, 1.82) is 0 Å². The molecule has 1 aromatic heterocycles. The van der Waals surface area contributed by atoms with E-state index in [0.29, 0.717) is 5.82 Å². The maximum atomic E-state index is 10.7. The average molecular weight is 257 g/mol. The molecule has 0 aliphatic heterocycles. The van der Waals surface area contributed by atoms with Crippen LogP contribution in [0.25, 0.3) is 6.08 Å². The van der Waals surface area contributed by atoms with Crippen molar-refractivity contribution in [3.63, 3.8) is 0 Å². The Kier molecular flexibility index (Phi) is 4.25. The van der Waals surface area contributed by atoms with Gasteiger partial charge in [-0.3, -0.25) is 4.79 Å². The highest BCUT2D eigenvalue weighted by Crippen LogP contribution is 2.05. The molecule has 0 amide bonds. The Morgan fingerprint density at radius 1 is 1.57 bits per heavy atom. The Morgan fingerprint density at radius 2 is 2.21 bits per heavy atom. The van der Waals surface area contributed by atoms with Crippen molar-refractivity contribution in [1.82, 2.24) is 9.97 Å². The van der Waals surface area contributed by atoms with E-state index in [1.165, 1.54) is 7.11 Å². The van der Waals surface area contributed by atoms with Crippen LogP contribution in [0.1, 0.15) is 12.2 Å². The number of ether oxygens (including phenoxy) is 1. The van der Waals surface area contributed by atoms with Gasteiger partial charge in [0.1, 0.15) is 0 Å². The molecular formula is C9H9BrN2O2. The third-order valence-electron chi connectivity index (χ3n) is 1.42. The largest absolute Gasteiger partial charge is 0.469 e. The highest BCUT2D eigenvalue weighted by atomic mass is 79.9. The average Bonchev–Trinajstić information content (AvgIpc) is 2.21. The van der Waals surface area contributed by atoms with Crippen molar-refractivity contribution >= 4 is 28.0 Å². The summed E-state index contributed by atoms with van der Waals surface area (Å²) in [6.07, 6.45) is 6.85. The topological polar surface area (TPSA) is 52.1 Å². The van der Waals surface area contributed by atoms with Crippen molar-refractivity contribution in [3.05, 3.63) is 28.8 Å². The number of rotatable bonds is 3. The number of hydrogen-bond acceptors (Lipinski definition) is 4. The molecule has 14 heavy (non-hydrogen) atoms. The summed E-state index contributed by atoms with van der Waals surface area (Å²) in [7, 11) is 1.35. The lowest BCUT2D eigenvalue weighted by Gasteiger charge is -1.93. The molecule has 0 atom stereocenters. The molecule has 1 aromatic rings. The quantitative estimate of drug-likeness (QED) is 0.775. The van der Waals surface area contributed by atoms with E-state index >= 15 is 0 Å². The van der Waals surface area contributed by atoms with E-state index in [9.17, 15) is 4.79 Å². The van der Waals surface area contributed by atoms with Gasteiger partial charge in [0.25, 0.3) is 0 Å². The van der Waals surface area contributed by atoms with Gasteiger partial charge < -0.3 is 4.74 Å². The van der Waals surface area contributed by atoms with Crippen LogP contribution < -0.4 is 0 Å². The van der Waals surface area contributed by atoms with Crippen LogP contribution in [0, 0.1) is 0 Å². The van der Waals surface area contributed by atoms with Gasteiger partial charge in [-0.2, -0.15) is 0 Å². The highest BCUT2D eigenvalue weighted by molar-refractivity contribution is 9.10. The molecule has 0 aliphatic rings. The summed E-state index contributed by atoms with van der Waals surface area (Å²) in [4.78, 5) is 18.7. The van der Waals surface area contributed by atoms with E-state index < -0.39 is 0 Å². The fourth-order valence-electron chi connectivity index (χ4n) is 0.752. The maximum Gasteiger partial charge on any atom is 0.309 e. The van der Waals surface area contributed by atoms with Crippen molar-refractivity contribution in [2.75, 3.05) is 7.11 Å². The third-order valence-corrected chi connectivity index (χ3v) is 1.83. The zero-order valence-electron chi connectivity index (χ0n) is 7.61. The number of esters is 1. The number of carbonyl (C=O) groups excluding carboxylic acids is 1. The molecule has 0 radical (unpaired) electrons. The molecule has 5 heteroatoms. The molecule has 0 bridgehead atoms. The molecule has 0 fully saturated rings. The van der Waals surface area contributed by atoms with E-state index in [1.807, 2.05) is 0 Å². The molecule has 4 nitrogen and oxygen atoms in total. The summed E-state index contributed by atoms with van der Waals surface area (Å²) >= 11 is 3.22. The summed E-state index contributed by atoms with van der Waals surface area (Å²) in [5, 5.41) is 0. The van der Waals surface area contributed by atoms with Gasteiger partial charge in [0.15, 0.2) is 5.82 Å². The lowest BCUT2D eigenvalue weighted by molar-refractivity contribution is -0.139. The molecule has 74 valence electrons. The first-order valence-corrected chi connectivity index (χ1v) is 4.72. The van der Waals surface area contributed by atoms with Crippen LogP contribution in [0.4, 0.5) is 0 Å². The number of hydrogen-bond donors (Lipinski definition) is 0. The maximum absolute atomic E-state index is 10.7. The van der Waals surface area contributed by atoms with Gasteiger partial charge in [0, 0.05) is 12.4 Å². The first-order chi connectivity index (χ1) is 6.72. The zero-order chi connectivity index (χ0) is 10.4. The Bertz CT molecular complexity index is 335. The van der Waals surface area contributed by atoms with E-state index in [2.05, 4.69) is 30.6 Å². The van der Waals surface area contributed by atoms with Crippen LogP contribution in [0.5, 0.6) is 0 Å². The van der Waals surface area contributed by atoms with Crippen LogP contribution in [-0.4, -0.2) is 23.0 Å². The Hall–Kier alpha value is -1.23. The first-order valence-electron chi connectivity index (χ1n) is 3.93. The number of methoxy groups -OCH3 is 1. The number of nitrogens with zero attached hydrogens (tertiary/aromatic N) is 2. The second kappa shape index (κ2) is 5.49. The predicted octanol–water partition coefficient (Wildman–Crippen LogP) is 1.82. The Morgan fingerprint density at radius 3 is 2.79 bits per heavy atom. The van der Waals surface area contributed by atoms with Gasteiger partial charge in [-0.05, 0) is 22.0 Å². The van der Waals surface area contributed by atoms with Gasteiger partial charge in [-0.25, -0.2) is 9.97 Å². The smallest absolute Gasteiger partial charge is 0.309 e. The minimum absolute atomic E-state index is 0.232. The Balaban J connectivity index is 2.52. The minimum atomic E-state index is -0.279. The number of aromatic nitrogens is 2. The van der Waals surface area contributed by atoms with Crippen LogP contribution in [0.15, 0.2) is 22.9 Å². The third kappa shape index (κ3) is 3.66. The number of halogens is 1. The summed E-state index contributed by atoms with van der Waals surface area (Å²) in [6.45, 7) is 0. The van der Waals surface area contributed by atoms with Gasteiger partial charge in [-0.1, -0.05) is 6.08 Å². The van der Waals surface area contributed by atoms with Gasteiger partial charge in [0.2, 0.25) is 0 Å². The molecule has 0 aliphatic carbocycles. The number of carbonyl (C=O) groups is 1. The SMILES string of the molecule is COC(=O)CC=Cc1ncc(Br)cn1. The molecule has 1 rings (SSSR count). The van der Waals surface area contributed by atoms with Crippen molar-refractivity contribution in [2.24, 2.45) is 0 Å². The standard InChI is InChI=1S/C9H9BrN2O2/c1-14-9(13)4-2-3-8-11-5-7(10)6-12-8/h2-3,5-6H,4H2,1H3. The second-order valence-electron chi connectivity index (χ2n) is 2.44. The van der Waals surface area contributed by atoms with Crippen LogP contribution in [-0.2, 0) is 9.53 Å². The summed E-state index contributed by atoms with van der Waals surface area (Å²) in [5.74, 6) is 0.287. The highest BCUT2D eigenvalue weighted by Gasteiger charge is 1.95. The van der Waals surface area contributed by atoms with E-state index in [-0.39, 0.29) is 12.4 Å². The predicted molar refractivity (Wildman–Crippen MR) is 55.4 cm³/mol. The summed E-state index contributed by atoms with van der Waals surface area (Å²) in [5.41, 5.74) is 0. The molecular weight excluding hydrogens is 248 g/mol. The molecule has 0 saturated carbocycles. The minimum Gasteiger partial charge on any atom is -0.469 e. The van der Waals surface area contributed by atoms with Crippen molar-refractivity contribution in [2.45, 2.75) is 6.42 Å². The molecule has 1 heterocycles. The van der Waals surface area contributed by atoms with E-state index in [0.717, 1.165) is 4.47 Å². The van der Waals surface area contributed by atoms with Crippen molar-refractivity contribution < 1.29 is 9.53 Å². The summed E-state index contributed by atoms with van der Waals surface area (Å²) < 4.78 is 5.29. The van der Waals surface area contributed by atoms with Gasteiger partial charge in [-0.15, -0.1) is 0 Å². The monoisotopic (exact) mass is 256 g/mol. The first kappa shape index (κ1) is 10.8. The normalized spacial score (nSPS) is 10.4. The lowest BCUT2D eigenvalue weighted by atomic mass is 10.3. The van der Waals surface area contributed by atoms with E-state index in [4.69, 9.17) is 0 Å². The second-order valence-corrected chi connectivity index (χ2v) is 3.36. The molecule has 0 spiro atoms. The molecule has 0 aromatic carbocycles. The fraction of sp³-hybridized carbons (Fsp3) is 0.222. The van der Waals surface area contributed by atoms with Gasteiger partial charge in [0.05, 0.1) is 18.0 Å². The Labute approximate surface area is 90.1 Å². The van der Waals surface area contributed by atoms with E-state index in [1.54, 1.807) is 24.5 Å².